The highest BCUT2D eigenvalue weighted by Gasteiger charge is 2.12. The number of carbonyl (C=O) groups is 1. The van der Waals surface area contributed by atoms with Gasteiger partial charge in [-0.2, -0.15) is 0 Å². The summed E-state index contributed by atoms with van der Waals surface area (Å²) in [5, 5.41) is 2.79. The summed E-state index contributed by atoms with van der Waals surface area (Å²) in [6.07, 6.45) is 1.10. The zero-order valence-electron chi connectivity index (χ0n) is 8.39. The molecule has 0 aromatic rings. The van der Waals surface area contributed by atoms with Crippen LogP contribution in [-0.4, -0.2) is 24.7 Å². The van der Waals surface area contributed by atoms with E-state index in [0.717, 1.165) is 13.0 Å². The van der Waals surface area contributed by atoms with Crippen molar-refractivity contribution in [3.63, 3.8) is 0 Å². The molecule has 0 fully saturated rings. The molecule has 0 aliphatic rings. The van der Waals surface area contributed by atoms with Gasteiger partial charge in [0.05, 0.1) is 12.1 Å². The van der Waals surface area contributed by atoms with Crippen molar-refractivity contribution >= 4 is 5.91 Å². The molecule has 0 spiro atoms. The predicted octanol–water partition coefficient (Wildman–Crippen LogP) is 1.33. The summed E-state index contributed by atoms with van der Waals surface area (Å²) < 4.78 is 5.44. The molecule has 1 N–H and O–H groups in total. The molecule has 0 aliphatic heterocycles. The van der Waals surface area contributed by atoms with Crippen LogP contribution in [0.4, 0.5) is 0 Å². The normalized spacial score (nSPS) is 15.3. The van der Waals surface area contributed by atoms with Gasteiger partial charge >= 0.3 is 0 Å². The monoisotopic (exact) mass is 173 g/mol. The van der Waals surface area contributed by atoms with Crippen LogP contribution in [0.3, 0.4) is 0 Å². The van der Waals surface area contributed by atoms with Crippen molar-refractivity contribution < 1.29 is 9.53 Å². The van der Waals surface area contributed by atoms with Gasteiger partial charge in [-0.1, -0.05) is 6.92 Å². The lowest BCUT2D eigenvalue weighted by Crippen LogP contribution is -2.39. The molecular formula is C9H19NO2. The third-order valence-corrected chi connectivity index (χ3v) is 1.72. The molecule has 72 valence electrons. The van der Waals surface area contributed by atoms with Crippen LogP contribution >= 0.6 is 0 Å². The summed E-state index contributed by atoms with van der Waals surface area (Å²) in [6, 6.07) is 0.0917. The Balaban J connectivity index is 3.60. The quantitative estimate of drug-likeness (QED) is 0.681. The van der Waals surface area contributed by atoms with Crippen LogP contribution < -0.4 is 5.32 Å². The van der Waals surface area contributed by atoms with E-state index in [0.29, 0.717) is 0 Å². The van der Waals surface area contributed by atoms with E-state index >= 15 is 0 Å². The molecule has 0 radical (unpaired) electrons. The minimum absolute atomic E-state index is 0.00514. The minimum atomic E-state index is -0.00514. The summed E-state index contributed by atoms with van der Waals surface area (Å²) in [5.41, 5.74) is 0. The Kier molecular flexibility index (Phi) is 5.72. The van der Waals surface area contributed by atoms with Crippen molar-refractivity contribution in [2.24, 2.45) is 0 Å². The van der Waals surface area contributed by atoms with E-state index in [4.69, 9.17) is 4.74 Å². The second-order valence-electron chi connectivity index (χ2n) is 3.07. The fraction of sp³-hybridized carbons (Fsp3) is 0.889. The molecule has 2 atom stereocenters. The van der Waals surface area contributed by atoms with Crippen LogP contribution in [0.1, 0.15) is 34.1 Å². The van der Waals surface area contributed by atoms with Crippen LogP contribution in [-0.2, 0) is 9.53 Å². The lowest BCUT2D eigenvalue weighted by atomic mass is 10.2. The number of ether oxygens (including phenoxy) is 1. The molecule has 3 nitrogen and oxygen atoms in total. The van der Waals surface area contributed by atoms with E-state index in [-0.39, 0.29) is 18.1 Å². The van der Waals surface area contributed by atoms with Crippen LogP contribution in [0.25, 0.3) is 0 Å². The van der Waals surface area contributed by atoms with Gasteiger partial charge < -0.3 is 10.1 Å². The number of hydrogen-bond donors (Lipinski definition) is 1. The second-order valence-corrected chi connectivity index (χ2v) is 3.07. The van der Waals surface area contributed by atoms with E-state index < -0.39 is 0 Å². The summed E-state index contributed by atoms with van der Waals surface area (Å²) in [7, 11) is 0. The average Bonchev–Trinajstić information content (AvgIpc) is 1.98. The van der Waals surface area contributed by atoms with Gasteiger partial charge in [0.15, 0.2) is 0 Å². The van der Waals surface area contributed by atoms with Gasteiger partial charge in [-0.3, -0.25) is 4.79 Å². The average molecular weight is 173 g/mol. The minimum Gasteiger partial charge on any atom is -0.376 e. The van der Waals surface area contributed by atoms with Gasteiger partial charge in [0.25, 0.3) is 0 Å². The molecule has 0 aliphatic carbocycles. The topological polar surface area (TPSA) is 38.3 Å². The molecule has 0 saturated heterocycles. The summed E-state index contributed by atoms with van der Waals surface area (Å²) >= 11 is 0. The van der Waals surface area contributed by atoms with E-state index in [1.807, 2.05) is 13.8 Å². The van der Waals surface area contributed by atoms with Crippen LogP contribution in [0.15, 0.2) is 0 Å². The Morgan fingerprint density at radius 2 is 2.08 bits per heavy atom. The molecule has 0 rings (SSSR count). The van der Waals surface area contributed by atoms with Crippen molar-refractivity contribution in [3.8, 4) is 0 Å². The maximum atomic E-state index is 10.7. The van der Waals surface area contributed by atoms with Crippen LogP contribution in [0.2, 0.25) is 0 Å². The SMILES string of the molecule is CCCOC(C)C(C)NC(C)=O. The molecule has 1 amide bonds. The first-order valence-electron chi connectivity index (χ1n) is 4.46. The Hall–Kier alpha value is -0.570. The number of hydrogen-bond acceptors (Lipinski definition) is 2. The molecule has 0 heterocycles. The zero-order valence-corrected chi connectivity index (χ0v) is 8.39. The van der Waals surface area contributed by atoms with Crippen molar-refractivity contribution in [1.29, 1.82) is 0 Å². The molecule has 0 aromatic carbocycles. The summed E-state index contributed by atoms with van der Waals surface area (Å²) in [6.45, 7) is 8.25. The predicted molar refractivity (Wildman–Crippen MR) is 49.0 cm³/mol. The standard InChI is InChI=1S/C9H19NO2/c1-5-6-12-8(3)7(2)10-9(4)11/h7-8H,5-6H2,1-4H3,(H,10,11). The molecule has 2 unspecified atom stereocenters. The van der Waals surface area contributed by atoms with Gasteiger partial charge in [-0.25, -0.2) is 0 Å². The summed E-state index contributed by atoms with van der Waals surface area (Å²) in [5.74, 6) is -0.00514. The second kappa shape index (κ2) is 6.00. The number of amides is 1. The highest BCUT2D eigenvalue weighted by atomic mass is 16.5. The maximum Gasteiger partial charge on any atom is 0.217 e. The Morgan fingerprint density at radius 1 is 1.50 bits per heavy atom. The highest BCUT2D eigenvalue weighted by Crippen LogP contribution is 1.98. The van der Waals surface area contributed by atoms with Crippen molar-refractivity contribution in [3.05, 3.63) is 0 Å². The fourth-order valence-electron chi connectivity index (χ4n) is 0.886. The first-order valence-corrected chi connectivity index (χ1v) is 4.46. The largest absolute Gasteiger partial charge is 0.376 e. The van der Waals surface area contributed by atoms with E-state index in [9.17, 15) is 4.79 Å². The number of carbonyl (C=O) groups excluding carboxylic acids is 1. The van der Waals surface area contributed by atoms with Crippen LogP contribution in [0.5, 0.6) is 0 Å². The van der Waals surface area contributed by atoms with E-state index in [1.54, 1.807) is 0 Å². The van der Waals surface area contributed by atoms with E-state index in [1.165, 1.54) is 6.92 Å². The van der Waals surface area contributed by atoms with Crippen molar-refractivity contribution in [2.75, 3.05) is 6.61 Å². The van der Waals surface area contributed by atoms with Crippen LogP contribution in [0, 0.1) is 0 Å². The highest BCUT2D eigenvalue weighted by molar-refractivity contribution is 5.73. The molecule has 0 saturated carbocycles. The Bertz CT molecular complexity index is 136. The lowest BCUT2D eigenvalue weighted by Gasteiger charge is -2.20. The third kappa shape index (κ3) is 5.13. The van der Waals surface area contributed by atoms with Gasteiger partial charge in [0.2, 0.25) is 5.91 Å². The fourth-order valence-corrected chi connectivity index (χ4v) is 0.886. The Morgan fingerprint density at radius 3 is 2.50 bits per heavy atom. The molecule has 3 heteroatoms. The zero-order chi connectivity index (χ0) is 9.56. The van der Waals surface area contributed by atoms with Gasteiger partial charge in [0.1, 0.15) is 0 Å². The lowest BCUT2D eigenvalue weighted by molar-refractivity contribution is -0.120. The smallest absolute Gasteiger partial charge is 0.217 e. The Labute approximate surface area is 74.5 Å². The number of nitrogens with one attached hydrogen (secondary N) is 1. The van der Waals surface area contributed by atoms with Crippen molar-refractivity contribution in [2.45, 2.75) is 46.3 Å². The molecule has 12 heavy (non-hydrogen) atoms. The van der Waals surface area contributed by atoms with Crippen molar-refractivity contribution in [1.82, 2.24) is 5.32 Å². The van der Waals surface area contributed by atoms with E-state index in [2.05, 4.69) is 12.2 Å². The molecule has 0 aromatic heterocycles. The summed E-state index contributed by atoms with van der Waals surface area (Å²) in [4.78, 5) is 10.7. The van der Waals surface area contributed by atoms with Gasteiger partial charge in [-0.15, -0.1) is 0 Å². The number of rotatable bonds is 5. The van der Waals surface area contributed by atoms with Gasteiger partial charge in [0, 0.05) is 13.5 Å². The first-order chi connectivity index (χ1) is 5.57. The first kappa shape index (κ1) is 11.4. The molecule has 0 bridgehead atoms. The van der Waals surface area contributed by atoms with Gasteiger partial charge in [-0.05, 0) is 20.3 Å². The molecular weight excluding hydrogens is 154 g/mol. The third-order valence-electron chi connectivity index (χ3n) is 1.72. The maximum absolute atomic E-state index is 10.7.